The van der Waals surface area contributed by atoms with Crippen molar-refractivity contribution in [3.8, 4) is 11.5 Å². The van der Waals surface area contributed by atoms with Gasteiger partial charge in [-0.05, 0) is 18.6 Å². The minimum atomic E-state index is -0.0126. The summed E-state index contributed by atoms with van der Waals surface area (Å²) in [6.07, 6.45) is 16.1. The van der Waals surface area contributed by atoms with Crippen molar-refractivity contribution in [3.63, 3.8) is 0 Å². The molecule has 0 atom stereocenters. The monoisotopic (exact) mass is 305 g/mol. The summed E-state index contributed by atoms with van der Waals surface area (Å²) in [4.78, 5) is 0. The lowest BCUT2D eigenvalue weighted by molar-refractivity contribution is 0.269. The van der Waals surface area contributed by atoms with Crippen molar-refractivity contribution in [2.75, 3.05) is 6.61 Å². The molecule has 0 aliphatic heterocycles. The van der Waals surface area contributed by atoms with Crippen LogP contribution in [0.4, 0.5) is 0 Å². The van der Waals surface area contributed by atoms with Gasteiger partial charge in [0.2, 0.25) is 5.75 Å². The third-order valence-corrected chi connectivity index (χ3v) is 4.10. The lowest BCUT2D eigenvalue weighted by Gasteiger charge is -2.06. The van der Waals surface area contributed by atoms with Crippen LogP contribution in [0.3, 0.4) is 0 Å². The van der Waals surface area contributed by atoms with E-state index in [9.17, 15) is 5.11 Å². The molecule has 0 N–H and O–H groups in total. The van der Waals surface area contributed by atoms with Crippen LogP contribution in [0.2, 0.25) is 0 Å². The average Bonchev–Trinajstić information content (AvgIpc) is 2.53. The maximum absolute atomic E-state index is 11.4. The van der Waals surface area contributed by atoms with Gasteiger partial charge < -0.3 is 4.74 Å². The van der Waals surface area contributed by atoms with E-state index in [-0.39, 0.29) is 5.75 Å². The minimum Gasteiger partial charge on any atom is -0.489 e. The first-order valence-corrected chi connectivity index (χ1v) is 9.23. The topological polar surface area (TPSA) is 29.1 Å². The standard InChI is InChI=1S/C20H33O2/c1-2-3-4-5-6-7-8-9-10-11-12-15-18-22-20-17-14-13-16-19(20)21/h13-14,16-17H,2-12,15,18H2,1H3. The first-order valence-electron chi connectivity index (χ1n) is 9.23. The Bertz CT molecular complexity index is 362. The molecule has 0 amide bonds. The van der Waals surface area contributed by atoms with E-state index in [4.69, 9.17) is 4.74 Å². The van der Waals surface area contributed by atoms with Crippen LogP contribution >= 0.6 is 0 Å². The predicted molar refractivity (Wildman–Crippen MR) is 93.1 cm³/mol. The third kappa shape index (κ3) is 9.70. The van der Waals surface area contributed by atoms with Crippen molar-refractivity contribution in [1.29, 1.82) is 0 Å². The average molecular weight is 305 g/mol. The molecule has 1 radical (unpaired) electrons. The Morgan fingerprint density at radius 3 is 1.77 bits per heavy atom. The summed E-state index contributed by atoms with van der Waals surface area (Å²) in [5, 5.41) is 11.4. The zero-order valence-electron chi connectivity index (χ0n) is 14.3. The van der Waals surface area contributed by atoms with E-state index < -0.39 is 0 Å². The Morgan fingerprint density at radius 1 is 0.727 bits per heavy atom. The van der Waals surface area contributed by atoms with Gasteiger partial charge in [0.05, 0.1) is 6.61 Å². The van der Waals surface area contributed by atoms with Crippen LogP contribution in [0.15, 0.2) is 24.3 Å². The molecule has 2 nitrogen and oxygen atoms in total. The maximum atomic E-state index is 11.4. The van der Waals surface area contributed by atoms with E-state index in [1.807, 2.05) is 6.07 Å². The maximum Gasteiger partial charge on any atom is 0.220 e. The van der Waals surface area contributed by atoms with E-state index in [0.717, 1.165) is 6.42 Å². The number of ether oxygens (including phenoxy) is 1. The van der Waals surface area contributed by atoms with Gasteiger partial charge in [-0.1, -0.05) is 89.7 Å². The number of hydrogen-bond donors (Lipinski definition) is 0. The van der Waals surface area contributed by atoms with Crippen LogP contribution in [0, 0.1) is 0 Å². The third-order valence-electron chi connectivity index (χ3n) is 4.10. The quantitative estimate of drug-likeness (QED) is 0.343. The first-order chi connectivity index (χ1) is 10.8. The number of benzene rings is 1. The van der Waals surface area contributed by atoms with E-state index in [1.165, 1.54) is 70.6 Å². The first kappa shape index (κ1) is 18.9. The highest BCUT2D eigenvalue weighted by molar-refractivity contribution is 5.37. The predicted octanol–water partition coefficient (Wildman–Crippen LogP) is 6.91. The molecular formula is C20H33O2. The number of para-hydroxylation sites is 2. The Balaban J connectivity index is 1.81. The van der Waals surface area contributed by atoms with Gasteiger partial charge in [-0.3, -0.25) is 5.11 Å². The number of hydrogen-bond acceptors (Lipinski definition) is 1. The van der Waals surface area contributed by atoms with E-state index in [2.05, 4.69) is 6.92 Å². The fourth-order valence-corrected chi connectivity index (χ4v) is 2.69. The van der Waals surface area contributed by atoms with Crippen molar-refractivity contribution >= 4 is 0 Å². The summed E-state index contributed by atoms with van der Waals surface area (Å²) in [5.74, 6) is 0.479. The molecule has 0 bridgehead atoms. The molecule has 0 aliphatic rings. The zero-order valence-corrected chi connectivity index (χ0v) is 14.3. The van der Waals surface area contributed by atoms with Crippen molar-refractivity contribution in [2.24, 2.45) is 0 Å². The van der Waals surface area contributed by atoms with Crippen molar-refractivity contribution in [3.05, 3.63) is 24.3 Å². The van der Waals surface area contributed by atoms with Gasteiger partial charge in [-0.15, -0.1) is 0 Å². The Morgan fingerprint density at radius 2 is 1.23 bits per heavy atom. The summed E-state index contributed by atoms with van der Waals surface area (Å²) in [7, 11) is 0. The highest BCUT2D eigenvalue weighted by Gasteiger charge is 2.01. The van der Waals surface area contributed by atoms with Gasteiger partial charge >= 0.3 is 0 Å². The molecular weight excluding hydrogens is 272 g/mol. The fourth-order valence-electron chi connectivity index (χ4n) is 2.69. The van der Waals surface area contributed by atoms with Crippen molar-refractivity contribution < 1.29 is 9.84 Å². The highest BCUT2D eigenvalue weighted by atomic mass is 16.5. The van der Waals surface area contributed by atoms with Gasteiger partial charge in [0, 0.05) is 0 Å². The summed E-state index contributed by atoms with van der Waals surface area (Å²) in [6, 6.07) is 6.90. The fraction of sp³-hybridized carbons (Fsp3) is 0.700. The van der Waals surface area contributed by atoms with Crippen molar-refractivity contribution in [1.82, 2.24) is 0 Å². The molecule has 1 aromatic rings. The second kappa shape index (κ2) is 13.5. The largest absolute Gasteiger partial charge is 0.489 e. The molecule has 0 saturated carbocycles. The molecule has 0 spiro atoms. The second-order valence-electron chi connectivity index (χ2n) is 6.18. The van der Waals surface area contributed by atoms with E-state index in [0.29, 0.717) is 12.4 Å². The molecule has 1 rings (SSSR count). The lowest BCUT2D eigenvalue weighted by atomic mass is 10.1. The normalized spacial score (nSPS) is 10.8. The molecule has 1 aromatic carbocycles. The van der Waals surface area contributed by atoms with Crippen LogP contribution in [-0.2, 0) is 5.11 Å². The van der Waals surface area contributed by atoms with Gasteiger partial charge in [-0.2, -0.15) is 0 Å². The van der Waals surface area contributed by atoms with Gasteiger partial charge in [0.25, 0.3) is 0 Å². The van der Waals surface area contributed by atoms with Crippen LogP contribution in [0.5, 0.6) is 11.5 Å². The summed E-state index contributed by atoms with van der Waals surface area (Å²) in [5.41, 5.74) is 0. The van der Waals surface area contributed by atoms with E-state index in [1.54, 1.807) is 18.2 Å². The number of rotatable bonds is 14. The van der Waals surface area contributed by atoms with Crippen LogP contribution in [-0.4, -0.2) is 6.61 Å². The number of unbranched alkanes of at least 4 members (excludes halogenated alkanes) is 11. The lowest BCUT2D eigenvalue weighted by Crippen LogP contribution is -1.97. The molecule has 2 heteroatoms. The molecule has 0 unspecified atom stereocenters. The van der Waals surface area contributed by atoms with Crippen molar-refractivity contribution in [2.45, 2.75) is 84.0 Å². The Kier molecular flexibility index (Phi) is 11.6. The van der Waals surface area contributed by atoms with Gasteiger partial charge in [0.15, 0.2) is 5.75 Å². The Labute approximate surface area is 136 Å². The molecule has 22 heavy (non-hydrogen) atoms. The molecule has 0 heterocycles. The molecule has 0 saturated heterocycles. The van der Waals surface area contributed by atoms with E-state index >= 15 is 0 Å². The minimum absolute atomic E-state index is 0.0126. The molecule has 0 aliphatic carbocycles. The van der Waals surface area contributed by atoms with Crippen LogP contribution < -0.4 is 4.74 Å². The Hall–Kier alpha value is -1.18. The van der Waals surface area contributed by atoms with Gasteiger partial charge in [-0.25, -0.2) is 0 Å². The molecule has 125 valence electrons. The SMILES string of the molecule is CCCCCCCCCCCCCCOc1ccccc1[O]. The molecule has 0 aromatic heterocycles. The second-order valence-corrected chi connectivity index (χ2v) is 6.18. The van der Waals surface area contributed by atoms with Crippen LogP contribution in [0.1, 0.15) is 84.0 Å². The molecule has 0 fully saturated rings. The summed E-state index contributed by atoms with van der Waals surface area (Å²) < 4.78 is 5.52. The van der Waals surface area contributed by atoms with Crippen LogP contribution in [0.25, 0.3) is 0 Å². The smallest absolute Gasteiger partial charge is 0.220 e. The highest BCUT2D eigenvalue weighted by Crippen LogP contribution is 2.25. The summed E-state index contributed by atoms with van der Waals surface area (Å²) in [6.45, 7) is 2.93. The van der Waals surface area contributed by atoms with Gasteiger partial charge in [0.1, 0.15) is 0 Å². The zero-order chi connectivity index (χ0) is 15.9. The summed E-state index contributed by atoms with van der Waals surface area (Å²) >= 11 is 0.